The normalized spacial score (nSPS) is 10.3. The molecule has 0 unspecified atom stereocenters. The Balaban J connectivity index is 2.45. The summed E-state index contributed by atoms with van der Waals surface area (Å²) in [4.78, 5) is 0. The van der Waals surface area contributed by atoms with Crippen molar-refractivity contribution in [2.75, 3.05) is 25.7 Å². The molecule has 1 aromatic rings. The van der Waals surface area contributed by atoms with E-state index in [1.165, 1.54) is 12.1 Å². The van der Waals surface area contributed by atoms with E-state index in [0.29, 0.717) is 42.7 Å². The van der Waals surface area contributed by atoms with E-state index in [9.17, 15) is 4.39 Å². The van der Waals surface area contributed by atoms with Gasteiger partial charge in [0.15, 0.2) is 0 Å². The van der Waals surface area contributed by atoms with E-state index >= 15 is 0 Å². The van der Waals surface area contributed by atoms with E-state index in [0.717, 1.165) is 13.0 Å². The first kappa shape index (κ1) is 17.8. The van der Waals surface area contributed by atoms with E-state index < -0.39 is 0 Å². The zero-order valence-corrected chi connectivity index (χ0v) is 13.4. The summed E-state index contributed by atoms with van der Waals surface area (Å²) < 4.78 is 24.3. The van der Waals surface area contributed by atoms with Crippen molar-refractivity contribution in [1.82, 2.24) is 0 Å². The highest BCUT2D eigenvalue weighted by Gasteiger charge is 2.03. The maximum absolute atomic E-state index is 13.2. The molecule has 0 heterocycles. The molecule has 0 saturated heterocycles. The summed E-state index contributed by atoms with van der Waals surface area (Å²) in [6.45, 7) is 5.98. The Morgan fingerprint density at radius 2 is 2.05 bits per heavy atom. The molecule has 21 heavy (non-hydrogen) atoms. The summed E-state index contributed by atoms with van der Waals surface area (Å²) in [7, 11) is 0. The van der Waals surface area contributed by atoms with Crippen molar-refractivity contribution < 1.29 is 13.9 Å². The molecule has 0 saturated carbocycles. The second kappa shape index (κ2) is 10.5. The van der Waals surface area contributed by atoms with Gasteiger partial charge in [-0.05, 0) is 30.5 Å². The highest BCUT2D eigenvalue weighted by molar-refractivity contribution is 6.18. The zero-order chi connectivity index (χ0) is 15.5. The smallest absolute Gasteiger partial charge is 0.135 e. The van der Waals surface area contributed by atoms with Crippen LogP contribution in [0.25, 0.3) is 0 Å². The van der Waals surface area contributed by atoms with Crippen molar-refractivity contribution in [3.63, 3.8) is 0 Å². The molecule has 0 spiro atoms. The Morgan fingerprint density at radius 1 is 1.24 bits per heavy atom. The van der Waals surface area contributed by atoms with Gasteiger partial charge >= 0.3 is 0 Å². The fourth-order valence-corrected chi connectivity index (χ4v) is 1.66. The number of hydrogen-bond acceptors (Lipinski definition) is 2. The minimum atomic E-state index is -0.328. The van der Waals surface area contributed by atoms with Crippen LogP contribution in [0.1, 0.15) is 32.3 Å². The number of ether oxygens (including phenoxy) is 2. The predicted octanol–water partition coefficient (Wildman–Crippen LogP) is 4.25. The van der Waals surface area contributed by atoms with Crippen molar-refractivity contribution in [3.8, 4) is 17.6 Å². The molecule has 0 radical (unpaired) electrons. The van der Waals surface area contributed by atoms with Crippen molar-refractivity contribution in [2.45, 2.75) is 26.7 Å². The number of halogens is 2. The molecule has 4 heteroatoms. The third-order valence-electron chi connectivity index (χ3n) is 2.71. The highest BCUT2D eigenvalue weighted by Crippen LogP contribution is 2.18. The monoisotopic (exact) mass is 312 g/mol. The van der Waals surface area contributed by atoms with Gasteiger partial charge in [-0.1, -0.05) is 25.7 Å². The van der Waals surface area contributed by atoms with E-state index in [1.54, 1.807) is 6.07 Å². The number of alkyl halides is 1. The molecule has 0 fully saturated rings. The molecule has 116 valence electrons. The minimum absolute atomic E-state index is 0.328. The van der Waals surface area contributed by atoms with Crippen molar-refractivity contribution in [3.05, 3.63) is 29.6 Å². The third-order valence-corrected chi connectivity index (χ3v) is 2.90. The van der Waals surface area contributed by atoms with Crippen molar-refractivity contribution >= 4 is 11.6 Å². The third kappa shape index (κ3) is 7.94. The standard InChI is InChI=1S/C17H22ClFO2/c1-14(2)8-10-20-11-12-21-17-7-6-16(19)13-15(17)5-3-4-9-18/h6-7,13-14H,4,8-12H2,1-2H3. The summed E-state index contributed by atoms with van der Waals surface area (Å²) in [6, 6.07) is 4.33. The van der Waals surface area contributed by atoms with E-state index in [4.69, 9.17) is 21.1 Å². The van der Waals surface area contributed by atoms with Gasteiger partial charge in [-0.15, -0.1) is 11.6 Å². The maximum atomic E-state index is 13.2. The Morgan fingerprint density at radius 3 is 2.76 bits per heavy atom. The predicted molar refractivity (Wildman–Crippen MR) is 84.4 cm³/mol. The lowest BCUT2D eigenvalue weighted by Gasteiger charge is -2.10. The summed E-state index contributed by atoms with van der Waals surface area (Å²) >= 11 is 5.57. The number of benzene rings is 1. The first-order chi connectivity index (χ1) is 10.1. The van der Waals surface area contributed by atoms with Crippen LogP contribution in [0.4, 0.5) is 4.39 Å². The van der Waals surface area contributed by atoms with Gasteiger partial charge < -0.3 is 9.47 Å². The van der Waals surface area contributed by atoms with Crippen LogP contribution in [0, 0.1) is 23.6 Å². The van der Waals surface area contributed by atoms with Crippen LogP contribution in [0.2, 0.25) is 0 Å². The molecular weight excluding hydrogens is 291 g/mol. The molecule has 0 bridgehead atoms. The highest BCUT2D eigenvalue weighted by atomic mass is 35.5. The second-order valence-electron chi connectivity index (χ2n) is 5.02. The quantitative estimate of drug-likeness (QED) is 0.406. The minimum Gasteiger partial charge on any atom is -0.490 e. The van der Waals surface area contributed by atoms with Crippen LogP contribution in [0.15, 0.2) is 18.2 Å². The fourth-order valence-electron chi connectivity index (χ4n) is 1.56. The molecule has 1 aromatic carbocycles. The van der Waals surface area contributed by atoms with Crippen LogP contribution in [-0.2, 0) is 4.74 Å². The SMILES string of the molecule is CC(C)CCOCCOc1ccc(F)cc1C#CCCCl. The Kier molecular flexibility index (Phi) is 8.89. The maximum Gasteiger partial charge on any atom is 0.135 e. The van der Waals surface area contributed by atoms with Gasteiger partial charge in [-0.3, -0.25) is 0 Å². The summed E-state index contributed by atoms with van der Waals surface area (Å²) in [5.74, 6) is 7.10. The molecule has 0 N–H and O–H groups in total. The molecule has 2 nitrogen and oxygen atoms in total. The van der Waals surface area contributed by atoms with Gasteiger partial charge in [0.2, 0.25) is 0 Å². The van der Waals surface area contributed by atoms with E-state index in [-0.39, 0.29) is 5.82 Å². The number of rotatable bonds is 8. The lowest BCUT2D eigenvalue weighted by Crippen LogP contribution is -2.09. The average molecular weight is 313 g/mol. The van der Waals surface area contributed by atoms with Crippen molar-refractivity contribution in [2.24, 2.45) is 5.92 Å². The summed E-state index contributed by atoms with van der Waals surface area (Å²) in [6.07, 6.45) is 1.60. The van der Waals surface area contributed by atoms with Crippen LogP contribution >= 0.6 is 11.6 Å². The van der Waals surface area contributed by atoms with Gasteiger partial charge in [-0.25, -0.2) is 4.39 Å². The van der Waals surface area contributed by atoms with Crippen LogP contribution in [-0.4, -0.2) is 25.7 Å². The fraction of sp³-hybridized carbons (Fsp3) is 0.529. The van der Waals surface area contributed by atoms with Crippen LogP contribution in [0.3, 0.4) is 0 Å². The van der Waals surface area contributed by atoms with Crippen molar-refractivity contribution in [1.29, 1.82) is 0 Å². The molecule has 0 aliphatic rings. The van der Waals surface area contributed by atoms with Crippen LogP contribution < -0.4 is 4.74 Å². The average Bonchev–Trinajstić information content (AvgIpc) is 2.44. The van der Waals surface area contributed by atoms with E-state index in [1.807, 2.05) is 0 Å². The molecule has 0 amide bonds. The first-order valence-electron chi connectivity index (χ1n) is 7.18. The molecule has 0 aromatic heterocycles. The number of hydrogen-bond donors (Lipinski definition) is 0. The summed E-state index contributed by atoms with van der Waals surface area (Å²) in [5.41, 5.74) is 0.544. The Hall–Kier alpha value is -1.24. The van der Waals surface area contributed by atoms with Crippen LogP contribution in [0.5, 0.6) is 5.75 Å². The van der Waals surface area contributed by atoms with Gasteiger partial charge in [-0.2, -0.15) is 0 Å². The van der Waals surface area contributed by atoms with Gasteiger partial charge in [0.1, 0.15) is 18.2 Å². The second-order valence-corrected chi connectivity index (χ2v) is 5.40. The molecule has 1 rings (SSSR count). The molecular formula is C17H22ClFO2. The zero-order valence-electron chi connectivity index (χ0n) is 12.6. The lowest BCUT2D eigenvalue weighted by molar-refractivity contribution is 0.0925. The Labute approximate surface area is 131 Å². The largest absolute Gasteiger partial charge is 0.490 e. The Bertz CT molecular complexity index is 477. The first-order valence-corrected chi connectivity index (χ1v) is 7.72. The van der Waals surface area contributed by atoms with Gasteiger partial charge in [0.25, 0.3) is 0 Å². The molecule has 0 atom stereocenters. The van der Waals surface area contributed by atoms with Gasteiger partial charge in [0, 0.05) is 18.9 Å². The summed E-state index contributed by atoms with van der Waals surface area (Å²) in [5, 5.41) is 0. The van der Waals surface area contributed by atoms with Gasteiger partial charge in [0.05, 0.1) is 12.2 Å². The topological polar surface area (TPSA) is 18.5 Å². The molecule has 0 aliphatic heterocycles. The molecule has 0 aliphatic carbocycles. The lowest BCUT2D eigenvalue weighted by atomic mass is 10.1. The van der Waals surface area contributed by atoms with E-state index in [2.05, 4.69) is 25.7 Å².